The van der Waals surface area contributed by atoms with Gasteiger partial charge in [-0.25, -0.2) is 9.48 Å². The largest absolute Gasteiger partial charge is 0.322 e. The number of amides is 3. The maximum atomic E-state index is 13.1. The number of aromatic nitrogens is 2. The lowest BCUT2D eigenvalue weighted by Crippen LogP contribution is -2.42. The van der Waals surface area contributed by atoms with Crippen molar-refractivity contribution in [3.05, 3.63) is 69.8 Å². The monoisotopic (exact) mass is 559 g/mol. The van der Waals surface area contributed by atoms with Crippen LogP contribution in [0.25, 0.3) is 5.69 Å². The molecular formula is C26H31BrClN5O2. The Balaban J connectivity index is 1.82. The molecule has 0 spiro atoms. The Morgan fingerprint density at radius 3 is 2.34 bits per heavy atom. The number of rotatable bonds is 7. The van der Waals surface area contributed by atoms with Crippen molar-refractivity contribution in [1.82, 2.24) is 14.7 Å². The number of nitrogens with one attached hydrogen (secondary N) is 2. The topological polar surface area (TPSA) is 79.3 Å². The van der Waals surface area contributed by atoms with Gasteiger partial charge in [-0.05, 0) is 58.2 Å². The number of hydrogen-bond acceptors (Lipinski definition) is 3. The van der Waals surface area contributed by atoms with Crippen molar-refractivity contribution in [3.8, 4) is 5.69 Å². The molecule has 35 heavy (non-hydrogen) atoms. The summed E-state index contributed by atoms with van der Waals surface area (Å²) in [4.78, 5) is 27.7. The Morgan fingerprint density at radius 1 is 1.09 bits per heavy atom. The van der Waals surface area contributed by atoms with E-state index in [0.29, 0.717) is 23.1 Å². The predicted octanol–water partition coefficient (Wildman–Crippen LogP) is 6.71. The minimum absolute atomic E-state index is 0.106. The minimum Gasteiger partial charge on any atom is -0.315 e. The molecule has 2 N–H and O–H groups in total. The molecule has 7 nitrogen and oxygen atoms in total. The number of hydrogen-bond donors (Lipinski definition) is 2. The smallest absolute Gasteiger partial charge is 0.315 e. The van der Waals surface area contributed by atoms with Crippen LogP contribution in [0, 0.1) is 5.92 Å². The third-order valence-electron chi connectivity index (χ3n) is 5.14. The van der Waals surface area contributed by atoms with Gasteiger partial charge in [-0.15, -0.1) is 0 Å². The fourth-order valence-corrected chi connectivity index (χ4v) is 3.90. The Morgan fingerprint density at radius 2 is 1.74 bits per heavy atom. The van der Waals surface area contributed by atoms with Gasteiger partial charge in [0.1, 0.15) is 12.4 Å². The first-order valence-electron chi connectivity index (χ1n) is 11.4. The van der Waals surface area contributed by atoms with Crippen LogP contribution in [-0.4, -0.2) is 39.7 Å². The highest BCUT2D eigenvalue weighted by Crippen LogP contribution is 2.27. The summed E-state index contributed by atoms with van der Waals surface area (Å²) in [6.45, 7) is 10.5. The van der Waals surface area contributed by atoms with Gasteiger partial charge in [0.05, 0.1) is 17.1 Å². The molecule has 9 heteroatoms. The van der Waals surface area contributed by atoms with E-state index in [4.69, 9.17) is 16.7 Å². The molecule has 0 unspecified atom stereocenters. The van der Waals surface area contributed by atoms with E-state index in [2.05, 4.69) is 47.3 Å². The van der Waals surface area contributed by atoms with E-state index in [0.717, 1.165) is 15.9 Å². The lowest BCUT2D eigenvalue weighted by atomic mass is 9.92. The van der Waals surface area contributed by atoms with Gasteiger partial charge in [0.25, 0.3) is 0 Å². The summed E-state index contributed by atoms with van der Waals surface area (Å²) in [5, 5.41) is 11.2. The van der Waals surface area contributed by atoms with E-state index in [9.17, 15) is 9.59 Å². The van der Waals surface area contributed by atoms with Gasteiger partial charge in [-0.2, -0.15) is 5.10 Å². The second-order valence-corrected chi connectivity index (χ2v) is 11.1. The standard InChI is InChI=1S/C26H31BrClN5O2/c1-17(2)15-32(25(35)29-21-9-7-6-8-20(21)27)16-24(34)30-23-14-22(26(3,4)5)31-33(23)19-12-10-18(28)11-13-19/h6-14,17H,15-16H2,1-5H3,(H,29,35)(H,30,34). The first kappa shape index (κ1) is 26.8. The van der Waals surface area contributed by atoms with Crippen molar-refractivity contribution in [2.75, 3.05) is 23.7 Å². The molecule has 3 amide bonds. The quantitative estimate of drug-likeness (QED) is 0.337. The van der Waals surface area contributed by atoms with Crippen LogP contribution in [0.2, 0.25) is 5.02 Å². The Bertz CT molecular complexity index is 1190. The molecule has 1 heterocycles. The van der Waals surface area contributed by atoms with E-state index >= 15 is 0 Å². The normalized spacial score (nSPS) is 11.4. The van der Waals surface area contributed by atoms with Gasteiger partial charge in [0.2, 0.25) is 5.91 Å². The van der Waals surface area contributed by atoms with Crippen LogP contribution >= 0.6 is 27.5 Å². The minimum atomic E-state index is -0.345. The van der Waals surface area contributed by atoms with Crippen LogP contribution in [0.5, 0.6) is 0 Å². The molecule has 186 valence electrons. The summed E-state index contributed by atoms with van der Waals surface area (Å²) in [7, 11) is 0. The van der Waals surface area contributed by atoms with Crippen molar-refractivity contribution in [1.29, 1.82) is 0 Å². The number of anilines is 2. The van der Waals surface area contributed by atoms with Crippen molar-refractivity contribution < 1.29 is 9.59 Å². The third kappa shape index (κ3) is 7.32. The molecule has 0 saturated heterocycles. The highest BCUT2D eigenvalue weighted by molar-refractivity contribution is 9.10. The van der Waals surface area contributed by atoms with Crippen LogP contribution in [0.15, 0.2) is 59.1 Å². The first-order chi connectivity index (χ1) is 16.4. The van der Waals surface area contributed by atoms with Gasteiger partial charge in [0, 0.05) is 27.5 Å². The fraction of sp³-hybridized carbons (Fsp3) is 0.346. The zero-order valence-corrected chi connectivity index (χ0v) is 22.9. The number of para-hydroxylation sites is 1. The molecule has 0 radical (unpaired) electrons. The molecule has 0 aliphatic rings. The molecule has 0 aliphatic carbocycles. The molecule has 0 atom stereocenters. The second kappa shape index (κ2) is 11.3. The van der Waals surface area contributed by atoms with Crippen LogP contribution in [-0.2, 0) is 10.2 Å². The number of nitrogens with zero attached hydrogens (tertiary/aromatic N) is 3. The summed E-state index contributed by atoms with van der Waals surface area (Å²) in [5.74, 6) is 0.390. The maximum Gasteiger partial charge on any atom is 0.322 e. The summed E-state index contributed by atoms with van der Waals surface area (Å²) in [6, 6.07) is 16.1. The summed E-state index contributed by atoms with van der Waals surface area (Å²) in [5.41, 5.74) is 2.02. The highest BCUT2D eigenvalue weighted by atomic mass is 79.9. The molecule has 2 aromatic carbocycles. The van der Waals surface area contributed by atoms with E-state index < -0.39 is 0 Å². The summed E-state index contributed by atoms with van der Waals surface area (Å²) < 4.78 is 2.45. The van der Waals surface area contributed by atoms with E-state index in [1.54, 1.807) is 22.9 Å². The van der Waals surface area contributed by atoms with Gasteiger partial charge >= 0.3 is 6.03 Å². The fourth-order valence-electron chi connectivity index (χ4n) is 3.39. The lowest BCUT2D eigenvalue weighted by Gasteiger charge is -2.24. The highest BCUT2D eigenvalue weighted by Gasteiger charge is 2.24. The Labute approximate surface area is 220 Å². The molecule has 3 aromatic rings. The molecular weight excluding hydrogens is 530 g/mol. The molecule has 0 aliphatic heterocycles. The van der Waals surface area contributed by atoms with Crippen LogP contribution < -0.4 is 10.6 Å². The molecule has 1 aromatic heterocycles. The summed E-state index contributed by atoms with van der Waals surface area (Å²) in [6.07, 6.45) is 0. The third-order valence-corrected chi connectivity index (χ3v) is 6.08. The average Bonchev–Trinajstić information content (AvgIpc) is 3.19. The first-order valence-corrected chi connectivity index (χ1v) is 12.6. The van der Waals surface area contributed by atoms with Gasteiger partial charge in [-0.3, -0.25) is 4.79 Å². The van der Waals surface area contributed by atoms with E-state index in [1.165, 1.54) is 4.90 Å². The number of carbonyl (C=O) groups is 2. The van der Waals surface area contributed by atoms with Crippen molar-refractivity contribution >= 4 is 51.0 Å². The lowest BCUT2D eigenvalue weighted by molar-refractivity contribution is -0.116. The molecule has 3 rings (SSSR count). The van der Waals surface area contributed by atoms with Gasteiger partial charge in [0.15, 0.2) is 0 Å². The molecule has 0 bridgehead atoms. The van der Waals surface area contributed by atoms with E-state index in [-0.39, 0.29) is 29.8 Å². The van der Waals surface area contributed by atoms with Gasteiger partial charge < -0.3 is 15.5 Å². The average molecular weight is 561 g/mol. The van der Waals surface area contributed by atoms with Crippen LogP contribution in [0.4, 0.5) is 16.3 Å². The number of halogens is 2. The molecule has 0 saturated carbocycles. The SMILES string of the molecule is CC(C)CN(CC(=O)Nc1cc(C(C)(C)C)nn1-c1ccc(Cl)cc1)C(=O)Nc1ccccc1Br. The number of benzene rings is 2. The Hall–Kier alpha value is -2.84. The van der Waals surface area contributed by atoms with Crippen LogP contribution in [0.1, 0.15) is 40.3 Å². The maximum absolute atomic E-state index is 13.1. The summed E-state index contributed by atoms with van der Waals surface area (Å²) >= 11 is 9.49. The Kier molecular flexibility index (Phi) is 8.61. The van der Waals surface area contributed by atoms with Crippen molar-refractivity contribution in [2.45, 2.75) is 40.0 Å². The second-order valence-electron chi connectivity index (χ2n) is 9.79. The van der Waals surface area contributed by atoms with E-state index in [1.807, 2.05) is 50.2 Å². The zero-order valence-electron chi connectivity index (χ0n) is 20.6. The van der Waals surface area contributed by atoms with Crippen molar-refractivity contribution in [2.24, 2.45) is 5.92 Å². The van der Waals surface area contributed by atoms with Crippen molar-refractivity contribution in [3.63, 3.8) is 0 Å². The predicted molar refractivity (Wildman–Crippen MR) is 145 cm³/mol. The number of carbonyl (C=O) groups excluding carboxylic acids is 2. The zero-order chi connectivity index (χ0) is 25.8. The molecule has 0 fully saturated rings. The number of urea groups is 1. The van der Waals surface area contributed by atoms with Gasteiger partial charge in [-0.1, -0.05) is 58.4 Å². The van der Waals surface area contributed by atoms with Crippen LogP contribution in [0.3, 0.4) is 0 Å².